The van der Waals surface area contributed by atoms with Gasteiger partial charge in [0.25, 0.3) is 0 Å². The number of carbonyl (C=O) groups excluding carboxylic acids is 2. The van der Waals surface area contributed by atoms with Crippen LogP contribution in [0.3, 0.4) is 0 Å². The highest BCUT2D eigenvalue weighted by Crippen LogP contribution is 2.37. The summed E-state index contributed by atoms with van der Waals surface area (Å²) in [5.74, 6) is -0.249. The first-order valence-electron chi connectivity index (χ1n) is 6.90. The first kappa shape index (κ1) is 12.3. The van der Waals surface area contributed by atoms with Crippen LogP contribution in [-0.4, -0.2) is 17.3 Å². The number of rotatable bonds is 1. The van der Waals surface area contributed by atoms with Gasteiger partial charge in [0.05, 0.1) is 5.69 Å². The minimum absolute atomic E-state index is 0.0322. The normalized spacial score (nSPS) is 26.5. The van der Waals surface area contributed by atoms with Crippen molar-refractivity contribution in [2.45, 2.75) is 32.6 Å². The Hall–Kier alpha value is -1.77. The summed E-state index contributed by atoms with van der Waals surface area (Å²) >= 11 is 0. The Balaban J connectivity index is 1.94. The Bertz CT molecular complexity index is 531. The van der Waals surface area contributed by atoms with Crippen LogP contribution in [0.1, 0.15) is 31.2 Å². The number of aliphatic imine (C=N–C) groups is 1. The topological polar surface area (TPSA) is 46.5 Å². The number of hydrogen-bond donors (Lipinski definition) is 0. The second-order valence-electron chi connectivity index (χ2n) is 5.52. The van der Waals surface area contributed by atoms with E-state index in [9.17, 15) is 9.59 Å². The molecular formula is C16H17NO2. The van der Waals surface area contributed by atoms with Gasteiger partial charge in [0, 0.05) is 11.8 Å². The van der Waals surface area contributed by atoms with Crippen LogP contribution in [0.25, 0.3) is 0 Å². The van der Waals surface area contributed by atoms with Crippen molar-refractivity contribution in [2.75, 3.05) is 0 Å². The highest BCUT2D eigenvalue weighted by Gasteiger charge is 2.47. The van der Waals surface area contributed by atoms with Crippen molar-refractivity contribution < 1.29 is 9.59 Å². The van der Waals surface area contributed by atoms with E-state index in [2.05, 4.69) is 4.99 Å². The molecule has 1 aromatic rings. The monoisotopic (exact) mass is 255 g/mol. The Morgan fingerprint density at radius 3 is 2.00 bits per heavy atom. The minimum atomic E-state index is -0.0922. The molecule has 0 saturated heterocycles. The van der Waals surface area contributed by atoms with Crippen molar-refractivity contribution in [1.29, 1.82) is 0 Å². The molecule has 0 amide bonds. The smallest absolute Gasteiger partial charge is 0.188 e. The summed E-state index contributed by atoms with van der Waals surface area (Å²) in [6, 6.07) is 7.59. The van der Waals surface area contributed by atoms with Crippen molar-refractivity contribution in [3.63, 3.8) is 0 Å². The molecule has 3 heteroatoms. The van der Waals surface area contributed by atoms with E-state index < -0.39 is 0 Å². The molecule has 1 aromatic carbocycles. The molecule has 2 aliphatic rings. The zero-order chi connectivity index (χ0) is 13.4. The van der Waals surface area contributed by atoms with E-state index in [0.29, 0.717) is 5.69 Å². The number of fused-ring (bicyclic) bond motifs is 1. The van der Waals surface area contributed by atoms with Crippen LogP contribution in [-0.2, 0) is 9.59 Å². The Morgan fingerprint density at radius 2 is 1.47 bits per heavy atom. The van der Waals surface area contributed by atoms with Crippen molar-refractivity contribution in [3.05, 3.63) is 29.8 Å². The molecule has 2 unspecified atom stereocenters. The molecule has 0 aromatic heterocycles. The van der Waals surface area contributed by atoms with E-state index in [1.54, 1.807) is 0 Å². The highest BCUT2D eigenvalue weighted by molar-refractivity contribution is 6.70. The molecule has 19 heavy (non-hydrogen) atoms. The summed E-state index contributed by atoms with van der Waals surface area (Å²) in [5, 5.41) is 0. The van der Waals surface area contributed by atoms with E-state index in [0.717, 1.165) is 31.2 Å². The largest absolute Gasteiger partial charge is 0.292 e. The lowest BCUT2D eigenvalue weighted by molar-refractivity contribution is -0.120. The molecule has 3 rings (SSSR count). The SMILES string of the molecule is Cc1ccc(N=C2C(=O)C3CCCCC3C2=O)cc1. The zero-order valence-corrected chi connectivity index (χ0v) is 11.1. The summed E-state index contributed by atoms with van der Waals surface area (Å²) in [5.41, 5.74) is 2.02. The number of carbonyl (C=O) groups is 2. The fourth-order valence-corrected chi connectivity index (χ4v) is 3.09. The number of ketones is 2. The minimum Gasteiger partial charge on any atom is -0.292 e. The van der Waals surface area contributed by atoms with Crippen LogP contribution in [0, 0.1) is 18.8 Å². The van der Waals surface area contributed by atoms with Crippen LogP contribution in [0.2, 0.25) is 0 Å². The molecule has 0 bridgehead atoms. The van der Waals surface area contributed by atoms with E-state index >= 15 is 0 Å². The van der Waals surface area contributed by atoms with Gasteiger partial charge in [-0.3, -0.25) is 9.59 Å². The maximum atomic E-state index is 12.3. The third-order valence-electron chi connectivity index (χ3n) is 4.18. The maximum Gasteiger partial charge on any atom is 0.188 e. The second-order valence-corrected chi connectivity index (χ2v) is 5.52. The van der Waals surface area contributed by atoms with Crippen LogP contribution >= 0.6 is 0 Å². The van der Waals surface area contributed by atoms with E-state index in [1.807, 2.05) is 31.2 Å². The first-order valence-corrected chi connectivity index (χ1v) is 6.90. The van der Waals surface area contributed by atoms with Crippen LogP contribution in [0.4, 0.5) is 5.69 Å². The predicted octanol–water partition coefficient (Wildman–Crippen LogP) is 3.03. The molecule has 2 fully saturated rings. The maximum absolute atomic E-state index is 12.3. The fourth-order valence-electron chi connectivity index (χ4n) is 3.09. The van der Waals surface area contributed by atoms with Gasteiger partial charge in [0.2, 0.25) is 0 Å². The van der Waals surface area contributed by atoms with Crippen molar-refractivity contribution in [3.8, 4) is 0 Å². The molecule has 2 aliphatic carbocycles. The van der Waals surface area contributed by atoms with E-state index in [4.69, 9.17) is 0 Å². The Morgan fingerprint density at radius 1 is 0.947 bits per heavy atom. The second kappa shape index (κ2) is 4.72. The van der Waals surface area contributed by atoms with Gasteiger partial charge in [-0.25, -0.2) is 4.99 Å². The standard InChI is InChI=1S/C16H17NO2/c1-10-6-8-11(9-7-10)17-14-15(18)12-4-2-3-5-13(12)16(14)19/h6-9,12-13H,2-5H2,1H3. The molecule has 0 spiro atoms. The molecule has 0 N–H and O–H groups in total. The Kier molecular flexibility index (Phi) is 3.05. The molecule has 3 nitrogen and oxygen atoms in total. The number of hydrogen-bond acceptors (Lipinski definition) is 3. The quantitative estimate of drug-likeness (QED) is 0.774. The Labute approximate surface area is 112 Å². The molecule has 0 aliphatic heterocycles. The third kappa shape index (κ3) is 2.14. The molecule has 2 saturated carbocycles. The number of Topliss-reactive ketones (excluding diaryl/α,β-unsaturated/α-hetero) is 2. The third-order valence-corrected chi connectivity index (χ3v) is 4.18. The molecule has 98 valence electrons. The van der Waals surface area contributed by atoms with Gasteiger partial charge >= 0.3 is 0 Å². The lowest BCUT2D eigenvalue weighted by atomic mass is 9.81. The first-order chi connectivity index (χ1) is 9.16. The summed E-state index contributed by atoms with van der Waals surface area (Å²) in [6.07, 6.45) is 3.81. The predicted molar refractivity (Wildman–Crippen MR) is 73.7 cm³/mol. The highest BCUT2D eigenvalue weighted by atomic mass is 16.2. The van der Waals surface area contributed by atoms with Gasteiger partial charge in [-0.05, 0) is 31.9 Å². The van der Waals surface area contributed by atoms with Crippen molar-refractivity contribution in [2.24, 2.45) is 16.8 Å². The summed E-state index contributed by atoms with van der Waals surface area (Å²) in [4.78, 5) is 28.8. The fraction of sp³-hybridized carbons (Fsp3) is 0.438. The van der Waals surface area contributed by atoms with Gasteiger partial charge in [-0.15, -0.1) is 0 Å². The van der Waals surface area contributed by atoms with Crippen LogP contribution in [0.5, 0.6) is 0 Å². The van der Waals surface area contributed by atoms with Gasteiger partial charge in [-0.1, -0.05) is 30.5 Å². The van der Waals surface area contributed by atoms with E-state index in [-0.39, 0.29) is 29.1 Å². The van der Waals surface area contributed by atoms with Gasteiger partial charge < -0.3 is 0 Å². The van der Waals surface area contributed by atoms with E-state index in [1.165, 1.54) is 0 Å². The average molecular weight is 255 g/mol. The number of aryl methyl sites for hydroxylation is 1. The molecule has 2 atom stereocenters. The lowest BCUT2D eigenvalue weighted by Gasteiger charge is -2.20. The molecule has 0 radical (unpaired) electrons. The molecule has 0 heterocycles. The summed E-state index contributed by atoms with van der Waals surface area (Å²) in [7, 11) is 0. The van der Waals surface area contributed by atoms with Gasteiger partial charge in [0.15, 0.2) is 17.3 Å². The summed E-state index contributed by atoms with van der Waals surface area (Å²) < 4.78 is 0. The van der Waals surface area contributed by atoms with Crippen molar-refractivity contribution >= 4 is 23.0 Å². The zero-order valence-electron chi connectivity index (χ0n) is 11.1. The molecular weight excluding hydrogens is 238 g/mol. The summed E-state index contributed by atoms with van der Waals surface area (Å²) in [6.45, 7) is 2.00. The number of nitrogens with zero attached hydrogens (tertiary/aromatic N) is 1. The van der Waals surface area contributed by atoms with Gasteiger partial charge in [0.1, 0.15) is 0 Å². The van der Waals surface area contributed by atoms with Gasteiger partial charge in [-0.2, -0.15) is 0 Å². The number of benzene rings is 1. The lowest BCUT2D eigenvalue weighted by Crippen LogP contribution is -2.21. The average Bonchev–Trinajstić information content (AvgIpc) is 2.67. The van der Waals surface area contributed by atoms with Crippen LogP contribution < -0.4 is 0 Å². The van der Waals surface area contributed by atoms with Crippen molar-refractivity contribution in [1.82, 2.24) is 0 Å². The van der Waals surface area contributed by atoms with Crippen LogP contribution in [0.15, 0.2) is 29.3 Å².